The van der Waals surface area contributed by atoms with Crippen LogP contribution in [0.1, 0.15) is 39.8 Å². The molecule has 0 fully saturated rings. The van der Waals surface area contributed by atoms with E-state index >= 15 is 0 Å². The maximum absolute atomic E-state index is 12.9. The van der Waals surface area contributed by atoms with E-state index in [0.717, 1.165) is 33.4 Å². The highest BCUT2D eigenvalue weighted by molar-refractivity contribution is 5.94. The van der Waals surface area contributed by atoms with E-state index in [-0.39, 0.29) is 12.5 Å². The third-order valence-corrected chi connectivity index (χ3v) is 5.94. The van der Waals surface area contributed by atoms with Crippen molar-refractivity contribution >= 4 is 16.8 Å². The van der Waals surface area contributed by atoms with Crippen LogP contribution in [0.15, 0.2) is 55.0 Å². The van der Waals surface area contributed by atoms with Gasteiger partial charge in [0.1, 0.15) is 11.1 Å². The van der Waals surface area contributed by atoms with Crippen molar-refractivity contribution in [3.05, 3.63) is 83.1 Å². The van der Waals surface area contributed by atoms with Gasteiger partial charge < -0.3 is 10.1 Å². The van der Waals surface area contributed by atoms with Crippen molar-refractivity contribution in [1.29, 1.82) is 5.26 Å². The Kier molecular flexibility index (Phi) is 5.48. The number of ether oxygens (including phenoxy) is 1. The van der Waals surface area contributed by atoms with Crippen LogP contribution in [0, 0.1) is 18.3 Å². The molecule has 168 valence electrons. The number of hydrogen-bond donors (Lipinski definition) is 1. The molecule has 1 aromatic carbocycles. The average molecular weight is 451 g/mol. The zero-order valence-electron chi connectivity index (χ0n) is 18.9. The predicted octanol–water partition coefficient (Wildman–Crippen LogP) is 3.64. The van der Waals surface area contributed by atoms with Crippen LogP contribution in [0.4, 0.5) is 0 Å². The number of hydrogen-bond acceptors (Lipinski definition) is 7. The molecule has 0 unspecified atom stereocenters. The lowest BCUT2D eigenvalue weighted by atomic mass is 9.79. The van der Waals surface area contributed by atoms with Gasteiger partial charge in [-0.3, -0.25) is 14.8 Å². The van der Waals surface area contributed by atoms with Gasteiger partial charge in [0.05, 0.1) is 54.6 Å². The third kappa shape index (κ3) is 4.09. The highest BCUT2D eigenvalue weighted by atomic mass is 16.5. The molecule has 1 N–H and O–H groups in total. The van der Waals surface area contributed by atoms with Crippen LogP contribution in [0.2, 0.25) is 0 Å². The minimum atomic E-state index is -0.769. The van der Waals surface area contributed by atoms with E-state index in [1.54, 1.807) is 30.7 Å². The van der Waals surface area contributed by atoms with Crippen LogP contribution in [-0.2, 0) is 23.3 Å². The highest BCUT2D eigenvalue weighted by Crippen LogP contribution is 2.32. The van der Waals surface area contributed by atoms with Gasteiger partial charge in [0, 0.05) is 23.3 Å². The topological polar surface area (TPSA) is 114 Å². The van der Waals surface area contributed by atoms with Gasteiger partial charge in [0.2, 0.25) is 0 Å². The van der Waals surface area contributed by atoms with Gasteiger partial charge in [-0.25, -0.2) is 9.97 Å². The SMILES string of the molecule is Cc1cncc(-c2ccc3cnc(CNC(=O)c4ccc5c(c4)[C@](C)(C#N)COC5)cc3n2)n1. The van der Waals surface area contributed by atoms with E-state index in [1.165, 1.54) is 0 Å². The van der Waals surface area contributed by atoms with Gasteiger partial charge in [-0.2, -0.15) is 5.26 Å². The fraction of sp³-hybridized carbons (Fsp3) is 0.231. The molecule has 5 rings (SSSR count). The first-order valence-corrected chi connectivity index (χ1v) is 10.9. The number of nitriles is 1. The number of aryl methyl sites for hydroxylation is 1. The number of fused-ring (bicyclic) bond motifs is 2. The Balaban J connectivity index is 1.35. The van der Waals surface area contributed by atoms with E-state index in [9.17, 15) is 10.1 Å². The summed E-state index contributed by atoms with van der Waals surface area (Å²) in [5, 5.41) is 13.4. The highest BCUT2D eigenvalue weighted by Gasteiger charge is 2.33. The molecule has 0 aliphatic carbocycles. The van der Waals surface area contributed by atoms with Gasteiger partial charge >= 0.3 is 0 Å². The molecule has 0 bridgehead atoms. The lowest BCUT2D eigenvalue weighted by molar-refractivity contribution is 0.0757. The molecule has 3 aromatic heterocycles. The number of carbonyl (C=O) groups excluding carboxylic acids is 1. The molecule has 1 aliphatic rings. The smallest absolute Gasteiger partial charge is 0.251 e. The van der Waals surface area contributed by atoms with E-state index < -0.39 is 5.41 Å². The van der Waals surface area contributed by atoms with E-state index in [0.29, 0.717) is 30.2 Å². The summed E-state index contributed by atoms with van der Waals surface area (Å²) in [6.45, 7) is 4.72. The second-order valence-electron chi connectivity index (χ2n) is 8.60. The molecule has 0 radical (unpaired) electrons. The lowest BCUT2D eigenvalue weighted by Gasteiger charge is -2.30. The van der Waals surface area contributed by atoms with Crippen molar-refractivity contribution in [3.8, 4) is 17.5 Å². The molecule has 8 heteroatoms. The summed E-state index contributed by atoms with van der Waals surface area (Å²) in [6.07, 6.45) is 5.13. The molecule has 8 nitrogen and oxygen atoms in total. The number of amides is 1. The Morgan fingerprint density at radius 1 is 1.15 bits per heavy atom. The Morgan fingerprint density at radius 3 is 2.85 bits per heavy atom. The number of pyridine rings is 2. The van der Waals surface area contributed by atoms with Crippen molar-refractivity contribution in [2.75, 3.05) is 6.61 Å². The third-order valence-electron chi connectivity index (χ3n) is 5.94. The van der Waals surface area contributed by atoms with Crippen LogP contribution in [0.5, 0.6) is 0 Å². The van der Waals surface area contributed by atoms with Crippen molar-refractivity contribution < 1.29 is 9.53 Å². The van der Waals surface area contributed by atoms with Gasteiger partial charge in [0.25, 0.3) is 5.91 Å². The van der Waals surface area contributed by atoms with Gasteiger partial charge in [-0.1, -0.05) is 6.07 Å². The number of nitrogens with zero attached hydrogens (tertiary/aromatic N) is 5. The molecular weight excluding hydrogens is 428 g/mol. The number of rotatable bonds is 4. The Hall–Kier alpha value is -4.22. The zero-order valence-corrected chi connectivity index (χ0v) is 18.9. The lowest BCUT2D eigenvalue weighted by Crippen LogP contribution is -2.33. The normalized spacial score (nSPS) is 17.1. The molecule has 1 aliphatic heterocycles. The molecule has 34 heavy (non-hydrogen) atoms. The van der Waals surface area contributed by atoms with Gasteiger partial charge in [0.15, 0.2) is 0 Å². The maximum Gasteiger partial charge on any atom is 0.251 e. The first-order valence-electron chi connectivity index (χ1n) is 10.9. The average Bonchev–Trinajstić information content (AvgIpc) is 2.87. The Morgan fingerprint density at radius 2 is 2.03 bits per heavy atom. The number of benzene rings is 1. The zero-order chi connectivity index (χ0) is 23.7. The predicted molar refractivity (Wildman–Crippen MR) is 126 cm³/mol. The van der Waals surface area contributed by atoms with Crippen LogP contribution >= 0.6 is 0 Å². The van der Waals surface area contributed by atoms with Crippen molar-refractivity contribution in [2.24, 2.45) is 0 Å². The quantitative estimate of drug-likeness (QED) is 0.505. The molecule has 1 atom stereocenters. The second-order valence-corrected chi connectivity index (χ2v) is 8.60. The van der Waals surface area contributed by atoms with E-state index in [4.69, 9.17) is 9.72 Å². The van der Waals surface area contributed by atoms with Crippen LogP contribution in [0.3, 0.4) is 0 Å². The summed E-state index contributed by atoms with van der Waals surface area (Å²) in [7, 11) is 0. The summed E-state index contributed by atoms with van der Waals surface area (Å²) in [4.78, 5) is 30.7. The number of aromatic nitrogens is 4. The minimum Gasteiger partial charge on any atom is -0.375 e. The fourth-order valence-corrected chi connectivity index (χ4v) is 4.05. The van der Waals surface area contributed by atoms with Crippen molar-refractivity contribution in [1.82, 2.24) is 25.3 Å². The summed E-state index contributed by atoms with van der Waals surface area (Å²) >= 11 is 0. The van der Waals surface area contributed by atoms with Gasteiger partial charge in [-0.05, 0) is 55.3 Å². The van der Waals surface area contributed by atoms with E-state index in [1.807, 2.05) is 38.1 Å². The first kappa shape index (κ1) is 21.6. The van der Waals surface area contributed by atoms with Crippen molar-refractivity contribution in [3.63, 3.8) is 0 Å². The molecule has 0 saturated carbocycles. The first-order chi connectivity index (χ1) is 16.4. The fourth-order valence-electron chi connectivity index (χ4n) is 4.05. The molecular formula is C26H22N6O2. The number of carbonyl (C=O) groups is 1. The summed E-state index contributed by atoms with van der Waals surface area (Å²) in [5.74, 6) is -0.228. The maximum atomic E-state index is 12.9. The number of nitrogens with one attached hydrogen (secondary N) is 1. The van der Waals surface area contributed by atoms with Crippen LogP contribution in [-0.4, -0.2) is 32.4 Å². The summed E-state index contributed by atoms with van der Waals surface area (Å²) in [5.41, 5.74) is 5.21. The molecule has 0 saturated heterocycles. The summed E-state index contributed by atoms with van der Waals surface area (Å²) < 4.78 is 5.54. The molecule has 4 heterocycles. The minimum absolute atomic E-state index is 0.228. The van der Waals surface area contributed by atoms with E-state index in [2.05, 4.69) is 26.3 Å². The Bertz CT molecular complexity index is 1460. The van der Waals surface area contributed by atoms with Crippen molar-refractivity contribution in [2.45, 2.75) is 32.4 Å². The second kappa shape index (κ2) is 8.61. The standard InChI is InChI=1S/C26H22N6O2/c1-16-9-28-12-24(31-16)22-6-5-18-10-29-20(8-23(18)32-22)11-30-25(33)17-3-4-19-13-34-15-26(2,14-27)21(19)7-17/h3-10,12H,11,13,15H2,1-2H3,(H,30,33)/t26-/m1/s1. The largest absolute Gasteiger partial charge is 0.375 e. The van der Waals surface area contributed by atoms with Crippen LogP contribution < -0.4 is 5.32 Å². The molecule has 1 amide bonds. The monoisotopic (exact) mass is 450 g/mol. The molecule has 4 aromatic rings. The molecule has 0 spiro atoms. The Labute approximate surface area is 196 Å². The summed E-state index contributed by atoms with van der Waals surface area (Å²) in [6, 6.07) is 13.4. The van der Waals surface area contributed by atoms with Crippen LogP contribution in [0.25, 0.3) is 22.3 Å². The van der Waals surface area contributed by atoms with Gasteiger partial charge in [-0.15, -0.1) is 0 Å².